The van der Waals surface area contributed by atoms with Crippen LogP contribution < -0.4 is 5.32 Å². The molecule has 0 aromatic rings. The number of aliphatic hydroxyl groups excluding tert-OH is 2. The highest BCUT2D eigenvalue weighted by atomic mass is 16.5. The van der Waals surface area contributed by atoms with Gasteiger partial charge in [-0.15, -0.1) is 0 Å². The Morgan fingerprint density at radius 3 is 1.16 bits per heavy atom. The summed E-state index contributed by atoms with van der Waals surface area (Å²) in [6, 6.07) is -0.630. The van der Waals surface area contributed by atoms with E-state index >= 15 is 0 Å². The van der Waals surface area contributed by atoms with Gasteiger partial charge in [-0.1, -0.05) is 268 Å². The molecule has 404 valence electrons. The summed E-state index contributed by atoms with van der Waals surface area (Å²) < 4.78 is 5.47. The molecule has 0 radical (unpaired) electrons. The number of unbranched alkanes of at least 4 members (excludes halogenated alkanes) is 39. The molecule has 6 heteroatoms. The molecule has 0 aromatic heterocycles. The summed E-state index contributed by atoms with van der Waals surface area (Å²) in [5.41, 5.74) is 0. The molecule has 69 heavy (non-hydrogen) atoms. The van der Waals surface area contributed by atoms with Crippen molar-refractivity contribution in [1.82, 2.24) is 5.32 Å². The number of hydrogen-bond acceptors (Lipinski definition) is 5. The summed E-state index contributed by atoms with van der Waals surface area (Å²) in [5.74, 6) is -0.0736. The third-order valence-electron chi connectivity index (χ3n) is 13.8. The van der Waals surface area contributed by atoms with E-state index in [1.807, 2.05) is 6.08 Å². The summed E-state index contributed by atoms with van der Waals surface area (Å²) >= 11 is 0. The maximum atomic E-state index is 12.4. The number of nitrogens with one attached hydrogen (secondary N) is 1. The average Bonchev–Trinajstić information content (AvgIpc) is 3.35. The van der Waals surface area contributed by atoms with Gasteiger partial charge >= 0.3 is 5.97 Å². The predicted molar refractivity (Wildman–Crippen MR) is 301 cm³/mol. The van der Waals surface area contributed by atoms with Crippen molar-refractivity contribution in [3.05, 3.63) is 48.6 Å². The minimum atomic E-state index is -0.846. The van der Waals surface area contributed by atoms with Gasteiger partial charge in [0.25, 0.3) is 0 Å². The van der Waals surface area contributed by atoms with Crippen LogP contribution in [0.1, 0.15) is 316 Å². The monoisotopic (exact) mass is 968 g/mol. The molecule has 0 bridgehead atoms. The molecule has 0 aromatic carbocycles. The fourth-order valence-electron chi connectivity index (χ4n) is 9.12. The van der Waals surface area contributed by atoms with Crippen molar-refractivity contribution in [2.45, 2.75) is 328 Å². The van der Waals surface area contributed by atoms with Crippen molar-refractivity contribution < 1.29 is 24.5 Å². The number of carbonyl (C=O) groups is 2. The number of aliphatic hydroxyl groups is 2. The summed E-state index contributed by atoms with van der Waals surface area (Å²) in [6.07, 6.45) is 74.3. The van der Waals surface area contributed by atoms with Crippen molar-refractivity contribution in [1.29, 1.82) is 0 Å². The molecular formula is C63H117NO5. The van der Waals surface area contributed by atoms with Crippen LogP contribution in [0.3, 0.4) is 0 Å². The van der Waals surface area contributed by atoms with Crippen LogP contribution in [-0.4, -0.2) is 47.4 Å². The molecule has 2 atom stereocenters. The first-order valence-electron chi connectivity index (χ1n) is 30.4. The van der Waals surface area contributed by atoms with E-state index in [1.165, 1.54) is 238 Å². The Kier molecular flexibility index (Phi) is 56.5. The van der Waals surface area contributed by atoms with Crippen LogP contribution in [0.5, 0.6) is 0 Å². The van der Waals surface area contributed by atoms with E-state index < -0.39 is 12.1 Å². The van der Waals surface area contributed by atoms with Crippen LogP contribution in [-0.2, 0) is 14.3 Å². The summed E-state index contributed by atoms with van der Waals surface area (Å²) in [6.45, 7) is 4.85. The lowest BCUT2D eigenvalue weighted by atomic mass is 10.0. The number of esters is 1. The molecule has 6 nitrogen and oxygen atoms in total. The smallest absolute Gasteiger partial charge is 0.305 e. The number of amides is 1. The Morgan fingerprint density at radius 1 is 0.406 bits per heavy atom. The molecule has 0 aliphatic rings. The van der Waals surface area contributed by atoms with Gasteiger partial charge < -0.3 is 20.3 Å². The molecule has 3 N–H and O–H groups in total. The normalized spacial score (nSPS) is 12.9. The second-order valence-electron chi connectivity index (χ2n) is 20.7. The lowest BCUT2D eigenvalue weighted by Crippen LogP contribution is -2.45. The summed E-state index contributed by atoms with van der Waals surface area (Å²) in [5, 5.41) is 23.1. The molecule has 0 rings (SSSR count). The van der Waals surface area contributed by atoms with Crippen LogP contribution in [0.25, 0.3) is 0 Å². The summed E-state index contributed by atoms with van der Waals surface area (Å²) in [7, 11) is 0. The van der Waals surface area contributed by atoms with Crippen molar-refractivity contribution in [3.63, 3.8) is 0 Å². The Bertz CT molecular complexity index is 1160. The number of hydrogen-bond donors (Lipinski definition) is 3. The van der Waals surface area contributed by atoms with Gasteiger partial charge in [-0.05, 0) is 83.5 Å². The van der Waals surface area contributed by atoms with Crippen LogP contribution >= 0.6 is 0 Å². The Labute approximate surface area is 429 Å². The first kappa shape index (κ1) is 66.8. The second kappa shape index (κ2) is 58.4. The highest BCUT2D eigenvalue weighted by molar-refractivity contribution is 5.76. The lowest BCUT2D eigenvalue weighted by Gasteiger charge is -2.20. The zero-order valence-electron chi connectivity index (χ0n) is 46.0. The maximum absolute atomic E-state index is 12.4. The number of allylic oxidation sites excluding steroid dienone is 7. The van der Waals surface area contributed by atoms with Gasteiger partial charge in [0.15, 0.2) is 0 Å². The fourth-order valence-corrected chi connectivity index (χ4v) is 9.12. The van der Waals surface area contributed by atoms with Crippen LogP contribution in [0, 0.1) is 0 Å². The standard InChI is InChI=1S/C63H117NO5/c1-3-5-7-9-11-13-15-17-33-37-41-45-49-53-57-63(68)69-58-54-50-46-42-38-34-30-28-26-24-22-20-18-19-21-23-25-27-29-32-36-40-44-48-52-56-62(67)64-60(59-65)61(66)55-51-47-43-39-35-31-16-14-12-10-8-6-4-2/h9,11,15,17,19,21,51,55,60-61,65-66H,3-8,10,12-14,16,18,20,22-50,52-54,56-59H2,1-2H3,(H,64,67)/b11-9-,17-15-,21-19-,55-51+. The van der Waals surface area contributed by atoms with Gasteiger partial charge in [0.2, 0.25) is 5.91 Å². The van der Waals surface area contributed by atoms with Crippen molar-refractivity contribution >= 4 is 11.9 Å². The number of rotatable bonds is 56. The largest absolute Gasteiger partial charge is 0.466 e. The maximum Gasteiger partial charge on any atom is 0.305 e. The van der Waals surface area contributed by atoms with Crippen molar-refractivity contribution in [2.75, 3.05) is 13.2 Å². The SMILES string of the molecule is CCCC/C=C\C/C=C\CCCCCCCC(=O)OCCCCCCCCCCCCCC/C=C\CCCCCCCCCCCC(=O)NC(CO)C(O)/C=C/CCCCCCCCCCCCC. The van der Waals surface area contributed by atoms with Gasteiger partial charge in [0.05, 0.1) is 25.4 Å². The molecule has 1 amide bonds. The minimum Gasteiger partial charge on any atom is -0.466 e. The van der Waals surface area contributed by atoms with E-state index in [0.29, 0.717) is 19.4 Å². The van der Waals surface area contributed by atoms with E-state index in [1.54, 1.807) is 6.08 Å². The van der Waals surface area contributed by atoms with Crippen LogP contribution in [0.2, 0.25) is 0 Å². The van der Waals surface area contributed by atoms with Crippen molar-refractivity contribution in [2.24, 2.45) is 0 Å². The molecular weight excluding hydrogens is 851 g/mol. The highest BCUT2D eigenvalue weighted by Gasteiger charge is 2.18. The molecule has 0 fully saturated rings. The van der Waals surface area contributed by atoms with Crippen LogP contribution in [0.15, 0.2) is 48.6 Å². The van der Waals surface area contributed by atoms with Gasteiger partial charge in [0.1, 0.15) is 0 Å². The minimum absolute atomic E-state index is 0.00211. The third kappa shape index (κ3) is 55.0. The van der Waals surface area contributed by atoms with E-state index in [2.05, 4.69) is 55.6 Å². The molecule has 0 saturated heterocycles. The first-order chi connectivity index (χ1) is 34.0. The quantitative estimate of drug-likeness (QED) is 0.0321. The molecule has 0 saturated carbocycles. The van der Waals surface area contributed by atoms with E-state index in [-0.39, 0.29) is 18.5 Å². The molecule has 0 spiro atoms. The number of carbonyl (C=O) groups excluding carboxylic acids is 2. The van der Waals surface area contributed by atoms with E-state index in [0.717, 1.165) is 51.4 Å². The van der Waals surface area contributed by atoms with E-state index in [9.17, 15) is 19.8 Å². The Hall–Kier alpha value is -2.18. The van der Waals surface area contributed by atoms with Gasteiger partial charge in [-0.25, -0.2) is 0 Å². The van der Waals surface area contributed by atoms with Gasteiger partial charge in [-0.2, -0.15) is 0 Å². The molecule has 0 aliphatic carbocycles. The average molecular weight is 969 g/mol. The third-order valence-corrected chi connectivity index (χ3v) is 13.8. The number of ether oxygens (including phenoxy) is 1. The zero-order valence-corrected chi connectivity index (χ0v) is 46.0. The van der Waals surface area contributed by atoms with Gasteiger partial charge in [0, 0.05) is 12.8 Å². The van der Waals surface area contributed by atoms with E-state index in [4.69, 9.17) is 4.74 Å². The van der Waals surface area contributed by atoms with Crippen molar-refractivity contribution in [3.8, 4) is 0 Å². The molecule has 2 unspecified atom stereocenters. The second-order valence-corrected chi connectivity index (χ2v) is 20.7. The highest BCUT2D eigenvalue weighted by Crippen LogP contribution is 2.16. The predicted octanol–water partition coefficient (Wildman–Crippen LogP) is 19.0. The fraction of sp³-hybridized carbons (Fsp3) is 0.841. The zero-order chi connectivity index (χ0) is 50.0. The topological polar surface area (TPSA) is 95.9 Å². The molecule has 0 heterocycles. The lowest BCUT2D eigenvalue weighted by molar-refractivity contribution is -0.143. The molecule has 0 aliphatic heterocycles. The first-order valence-corrected chi connectivity index (χ1v) is 30.4. The Morgan fingerprint density at radius 2 is 0.739 bits per heavy atom. The summed E-state index contributed by atoms with van der Waals surface area (Å²) in [4.78, 5) is 24.5. The van der Waals surface area contributed by atoms with Gasteiger partial charge in [-0.3, -0.25) is 9.59 Å². The van der Waals surface area contributed by atoms with Crippen LogP contribution in [0.4, 0.5) is 0 Å². The Balaban J connectivity index is 3.42.